The Bertz CT molecular complexity index is 928. The van der Waals surface area contributed by atoms with Gasteiger partial charge in [0.05, 0.1) is 31.8 Å². The van der Waals surface area contributed by atoms with Gasteiger partial charge in [-0.2, -0.15) is 5.26 Å². The molecule has 9 heteroatoms. The number of hydrogen-bond donors (Lipinski definition) is 1. The molecule has 0 spiro atoms. The van der Waals surface area contributed by atoms with Crippen molar-refractivity contribution in [3.63, 3.8) is 0 Å². The lowest BCUT2D eigenvalue weighted by atomic mass is 9.83. The van der Waals surface area contributed by atoms with E-state index in [4.69, 9.17) is 24.7 Å². The van der Waals surface area contributed by atoms with Gasteiger partial charge in [0.2, 0.25) is 5.88 Å². The molecule has 0 bridgehead atoms. The maximum Gasteiger partial charge on any atom is 0.343 e. The van der Waals surface area contributed by atoms with Gasteiger partial charge in [-0.15, -0.1) is 0 Å². The number of methoxy groups -OCH3 is 1. The van der Waals surface area contributed by atoms with Crippen molar-refractivity contribution in [1.29, 1.82) is 5.26 Å². The van der Waals surface area contributed by atoms with Gasteiger partial charge in [-0.25, -0.2) is 9.59 Å². The van der Waals surface area contributed by atoms with Crippen LogP contribution in [0.25, 0.3) is 0 Å². The molecule has 0 amide bonds. The summed E-state index contributed by atoms with van der Waals surface area (Å²) in [7, 11) is 1.26. The van der Waals surface area contributed by atoms with E-state index in [1.165, 1.54) is 7.11 Å². The fourth-order valence-electron chi connectivity index (χ4n) is 2.98. The molecule has 2 N–H and O–H groups in total. The van der Waals surface area contributed by atoms with Gasteiger partial charge < -0.3 is 29.4 Å². The summed E-state index contributed by atoms with van der Waals surface area (Å²) < 4.78 is 26.2. The van der Waals surface area contributed by atoms with Crippen LogP contribution in [0.2, 0.25) is 0 Å². The van der Waals surface area contributed by atoms with Crippen molar-refractivity contribution in [2.75, 3.05) is 26.9 Å². The van der Waals surface area contributed by atoms with E-state index in [1.807, 2.05) is 6.07 Å². The summed E-state index contributed by atoms with van der Waals surface area (Å²) in [5, 5.41) is 9.66. The maximum absolute atomic E-state index is 12.6. The van der Waals surface area contributed by atoms with Gasteiger partial charge in [0.1, 0.15) is 17.4 Å². The quantitative estimate of drug-likeness (QED) is 0.634. The number of nitriles is 1. The minimum absolute atomic E-state index is 0.0781. The summed E-state index contributed by atoms with van der Waals surface area (Å²) in [6.07, 6.45) is 0. The lowest BCUT2D eigenvalue weighted by molar-refractivity contribution is -0.143. The average molecular weight is 416 g/mol. The van der Waals surface area contributed by atoms with Crippen molar-refractivity contribution in [3.8, 4) is 17.6 Å². The third-order valence-electron chi connectivity index (χ3n) is 4.28. The summed E-state index contributed by atoms with van der Waals surface area (Å²) in [6, 6.07) is 6.89. The highest BCUT2D eigenvalue weighted by Gasteiger charge is 2.36. The van der Waals surface area contributed by atoms with E-state index in [0.717, 1.165) is 0 Å². The van der Waals surface area contributed by atoms with Crippen molar-refractivity contribution in [3.05, 3.63) is 46.6 Å². The average Bonchev–Trinajstić information content (AvgIpc) is 2.72. The van der Waals surface area contributed by atoms with Gasteiger partial charge >= 0.3 is 11.9 Å². The van der Waals surface area contributed by atoms with Crippen LogP contribution in [-0.4, -0.2) is 38.9 Å². The van der Waals surface area contributed by atoms with Gasteiger partial charge in [0.15, 0.2) is 18.1 Å². The summed E-state index contributed by atoms with van der Waals surface area (Å²) in [5.41, 5.74) is 6.71. The van der Waals surface area contributed by atoms with Gasteiger partial charge in [0, 0.05) is 0 Å². The molecule has 1 aliphatic heterocycles. The van der Waals surface area contributed by atoms with E-state index < -0.39 is 17.9 Å². The Morgan fingerprint density at radius 3 is 2.53 bits per heavy atom. The minimum Gasteiger partial charge on any atom is -0.490 e. The number of hydrogen-bond acceptors (Lipinski definition) is 9. The molecule has 0 aliphatic carbocycles. The number of nitrogens with zero attached hydrogens (tertiary/aromatic N) is 1. The molecular weight excluding hydrogens is 392 g/mol. The van der Waals surface area contributed by atoms with E-state index in [-0.39, 0.29) is 36.0 Å². The Morgan fingerprint density at radius 2 is 1.93 bits per heavy atom. The van der Waals surface area contributed by atoms with Crippen LogP contribution in [0.3, 0.4) is 0 Å². The minimum atomic E-state index is -0.809. The number of rotatable bonds is 8. The Labute approximate surface area is 174 Å². The number of esters is 2. The fraction of sp³-hybridized carbons (Fsp3) is 0.381. The predicted molar refractivity (Wildman–Crippen MR) is 105 cm³/mol. The molecule has 160 valence electrons. The van der Waals surface area contributed by atoms with Gasteiger partial charge in [-0.1, -0.05) is 6.07 Å². The molecule has 0 saturated heterocycles. The van der Waals surface area contributed by atoms with Crippen LogP contribution in [0.5, 0.6) is 11.5 Å². The maximum atomic E-state index is 12.6. The van der Waals surface area contributed by atoms with Crippen LogP contribution in [0.1, 0.15) is 32.3 Å². The standard InChI is InChI=1S/C21H24N2O7/c1-5-27-16-9-13(7-8-15(16)29-11-17(24)26-4)19-14(10-22)20(23)30-12(3)18(19)21(25)28-6-2/h7-9,19H,5-6,11,23H2,1-4H3. The Balaban J connectivity index is 2.54. The Morgan fingerprint density at radius 1 is 1.20 bits per heavy atom. The van der Waals surface area contributed by atoms with Crippen molar-refractivity contribution in [1.82, 2.24) is 0 Å². The van der Waals surface area contributed by atoms with Crippen LogP contribution in [0.15, 0.2) is 41.0 Å². The molecule has 0 fully saturated rings. The first-order valence-electron chi connectivity index (χ1n) is 9.29. The third-order valence-corrected chi connectivity index (χ3v) is 4.28. The molecule has 2 rings (SSSR count). The second-order valence-electron chi connectivity index (χ2n) is 6.12. The smallest absolute Gasteiger partial charge is 0.343 e. The molecule has 0 saturated carbocycles. The molecule has 30 heavy (non-hydrogen) atoms. The highest BCUT2D eigenvalue weighted by Crippen LogP contribution is 2.42. The highest BCUT2D eigenvalue weighted by molar-refractivity contribution is 5.92. The van der Waals surface area contributed by atoms with Crippen LogP contribution >= 0.6 is 0 Å². The van der Waals surface area contributed by atoms with Gasteiger partial charge in [-0.3, -0.25) is 0 Å². The lowest BCUT2D eigenvalue weighted by Crippen LogP contribution is -2.25. The number of benzene rings is 1. The van der Waals surface area contributed by atoms with E-state index in [0.29, 0.717) is 23.7 Å². The molecular formula is C21H24N2O7. The molecule has 9 nitrogen and oxygen atoms in total. The SMILES string of the molecule is CCOC(=O)C1=C(C)OC(N)=C(C#N)C1c1ccc(OCC(=O)OC)c(OCC)c1. The summed E-state index contributed by atoms with van der Waals surface area (Å²) in [6.45, 7) is 5.25. The highest BCUT2D eigenvalue weighted by atomic mass is 16.6. The van der Waals surface area contributed by atoms with Gasteiger partial charge in [0.25, 0.3) is 0 Å². The Hall–Kier alpha value is -3.67. The largest absolute Gasteiger partial charge is 0.490 e. The zero-order valence-electron chi connectivity index (χ0n) is 17.3. The zero-order valence-corrected chi connectivity index (χ0v) is 17.3. The Kier molecular flexibility index (Phi) is 7.69. The predicted octanol–water partition coefficient (Wildman–Crippen LogP) is 2.28. The van der Waals surface area contributed by atoms with E-state index in [9.17, 15) is 14.9 Å². The fourth-order valence-corrected chi connectivity index (χ4v) is 2.98. The third kappa shape index (κ3) is 4.84. The molecule has 1 unspecified atom stereocenters. The summed E-state index contributed by atoms with van der Waals surface area (Å²) >= 11 is 0. The van der Waals surface area contributed by atoms with Crippen LogP contribution in [0, 0.1) is 11.3 Å². The topological polar surface area (TPSA) is 130 Å². The number of nitrogens with two attached hydrogens (primary N) is 1. The summed E-state index contributed by atoms with van der Waals surface area (Å²) in [4.78, 5) is 24.0. The molecule has 0 radical (unpaired) electrons. The van der Waals surface area contributed by atoms with Gasteiger partial charge in [-0.05, 0) is 38.5 Å². The summed E-state index contributed by atoms with van der Waals surface area (Å²) in [5.74, 6) is -1.15. The van der Waals surface area contributed by atoms with Crippen molar-refractivity contribution >= 4 is 11.9 Å². The second kappa shape index (κ2) is 10.2. The molecule has 1 atom stereocenters. The number of allylic oxidation sites excluding steroid dienone is 2. The molecule has 1 aromatic carbocycles. The van der Waals surface area contributed by atoms with Crippen LogP contribution in [-0.2, 0) is 23.8 Å². The first-order chi connectivity index (χ1) is 14.4. The van der Waals surface area contributed by atoms with Crippen LogP contribution < -0.4 is 15.2 Å². The monoisotopic (exact) mass is 416 g/mol. The van der Waals surface area contributed by atoms with E-state index >= 15 is 0 Å². The van der Waals surface area contributed by atoms with Crippen LogP contribution in [0.4, 0.5) is 0 Å². The lowest BCUT2D eigenvalue weighted by Gasteiger charge is -2.27. The number of ether oxygens (including phenoxy) is 5. The van der Waals surface area contributed by atoms with E-state index in [1.54, 1.807) is 39.0 Å². The number of carbonyl (C=O) groups excluding carboxylic acids is 2. The normalized spacial score (nSPS) is 15.8. The first kappa shape index (κ1) is 22.6. The molecule has 1 heterocycles. The first-order valence-corrected chi connectivity index (χ1v) is 9.29. The molecule has 1 aliphatic rings. The molecule has 0 aromatic heterocycles. The number of carbonyl (C=O) groups is 2. The second-order valence-corrected chi connectivity index (χ2v) is 6.12. The van der Waals surface area contributed by atoms with Crippen molar-refractivity contribution in [2.24, 2.45) is 5.73 Å². The van der Waals surface area contributed by atoms with Crippen molar-refractivity contribution in [2.45, 2.75) is 26.7 Å². The molecule has 1 aromatic rings. The van der Waals surface area contributed by atoms with Crippen molar-refractivity contribution < 1.29 is 33.3 Å². The zero-order chi connectivity index (χ0) is 22.3. The van der Waals surface area contributed by atoms with E-state index in [2.05, 4.69) is 4.74 Å².